The first-order valence-electron chi connectivity index (χ1n) is 5.37. The summed E-state index contributed by atoms with van der Waals surface area (Å²) in [5.74, 6) is 1.29. The third kappa shape index (κ3) is 1.89. The minimum Gasteiger partial charge on any atom is -0.493 e. The second-order valence-electron chi connectivity index (χ2n) is 3.76. The van der Waals surface area contributed by atoms with Crippen molar-refractivity contribution in [1.82, 2.24) is 9.97 Å². The Bertz CT molecular complexity index is 611. The van der Waals surface area contributed by atoms with Crippen molar-refractivity contribution < 1.29 is 9.47 Å². The fraction of sp³-hybridized carbons (Fsp3) is 0.231. The molecule has 1 N–H and O–H groups in total. The lowest BCUT2D eigenvalue weighted by atomic mass is 10.0. The third-order valence-electron chi connectivity index (χ3n) is 2.75. The number of hydrogen-bond acceptors (Lipinski definition) is 4. The lowest BCUT2D eigenvalue weighted by Gasteiger charge is -2.11. The van der Waals surface area contributed by atoms with Gasteiger partial charge in [0.1, 0.15) is 6.07 Å². The van der Waals surface area contributed by atoms with Gasteiger partial charge in [0.2, 0.25) is 0 Å². The van der Waals surface area contributed by atoms with E-state index in [-0.39, 0.29) is 0 Å². The van der Waals surface area contributed by atoms with Crippen molar-refractivity contribution in [3.63, 3.8) is 0 Å². The van der Waals surface area contributed by atoms with Gasteiger partial charge < -0.3 is 14.5 Å². The number of rotatable bonds is 3. The maximum atomic E-state index is 9.00. The predicted octanol–water partition coefficient (Wildman–Crippen LogP) is 2.27. The maximum absolute atomic E-state index is 9.00. The van der Waals surface area contributed by atoms with Crippen molar-refractivity contribution in [2.45, 2.75) is 6.92 Å². The fourth-order valence-corrected chi connectivity index (χ4v) is 1.83. The van der Waals surface area contributed by atoms with E-state index in [4.69, 9.17) is 14.7 Å². The van der Waals surface area contributed by atoms with Crippen LogP contribution < -0.4 is 9.47 Å². The van der Waals surface area contributed by atoms with Gasteiger partial charge in [-0.2, -0.15) is 5.26 Å². The van der Waals surface area contributed by atoms with Crippen LogP contribution in [0.25, 0.3) is 11.3 Å². The average Bonchev–Trinajstić information content (AvgIpc) is 2.86. The van der Waals surface area contributed by atoms with Gasteiger partial charge in [0.25, 0.3) is 0 Å². The molecule has 5 nitrogen and oxygen atoms in total. The van der Waals surface area contributed by atoms with Crippen molar-refractivity contribution in [1.29, 1.82) is 5.26 Å². The second kappa shape index (κ2) is 4.80. The van der Waals surface area contributed by atoms with Gasteiger partial charge in [-0.05, 0) is 24.6 Å². The van der Waals surface area contributed by atoms with Gasteiger partial charge in [0, 0.05) is 5.56 Å². The summed E-state index contributed by atoms with van der Waals surface area (Å²) in [5.41, 5.74) is 2.91. The van der Waals surface area contributed by atoms with Crippen LogP contribution in [0.2, 0.25) is 0 Å². The number of hydrogen-bond donors (Lipinski definition) is 1. The molecule has 92 valence electrons. The number of nitrogens with zero attached hydrogens (tertiary/aromatic N) is 2. The highest BCUT2D eigenvalue weighted by atomic mass is 16.5. The number of aryl methyl sites for hydroxylation is 1. The first-order chi connectivity index (χ1) is 8.71. The van der Waals surface area contributed by atoms with Gasteiger partial charge in [-0.3, -0.25) is 0 Å². The molecule has 0 aliphatic carbocycles. The molecule has 1 aromatic carbocycles. The fourth-order valence-electron chi connectivity index (χ4n) is 1.83. The SMILES string of the molecule is COc1cc(C)c(-c2[nH]cnc2C#N)cc1OC. The molecule has 2 aromatic rings. The largest absolute Gasteiger partial charge is 0.493 e. The molecule has 0 fully saturated rings. The van der Waals surface area contributed by atoms with Crippen molar-refractivity contribution in [2.24, 2.45) is 0 Å². The number of methoxy groups -OCH3 is 2. The number of ether oxygens (including phenoxy) is 2. The van der Waals surface area contributed by atoms with Crippen LogP contribution in [0.15, 0.2) is 18.5 Å². The normalized spacial score (nSPS) is 9.89. The Kier molecular flexibility index (Phi) is 3.20. The Morgan fingerprint density at radius 1 is 1.22 bits per heavy atom. The lowest BCUT2D eigenvalue weighted by Crippen LogP contribution is -1.94. The molecule has 0 aliphatic heterocycles. The highest BCUT2D eigenvalue weighted by Gasteiger charge is 2.14. The smallest absolute Gasteiger partial charge is 0.166 e. The lowest BCUT2D eigenvalue weighted by molar-refractivity contribution is 0.355. The second-order valence-corrected chi connectivity index (χ2v) is 3.76. The summed E-state index contributed by atoms with van der Waals surface area (Å²) in [7, 11) is 3.17. The zero-order valence-electron chi connectivity index (χ0n) is 10.4. The number of aromatic amines is 1. The summed E-state index contributed by atoms with van der Waals surface area (Å²) < 4.78 is 10.5. The summed E-state index contributed by atoms with van der Waals surface area (Å²) in [5, 5.41) is 9.00. The zero-order chi connectivity index (χ0) is 13.1. The Balaban J connectivity index is 2.62. The highest BCUT2D eigenvalue weighted by molar-refractivity contribution is 5.71. The van der Waals surface area contributed by atoms with E-state index in [1.165, 1.54) is 6.33 Å². The molecule has 0 radical (unpaired) electrons. The third-order valence-corrected chi connectivity index (χ3v) is 2.75. The molecule has 0 saturated heterocycles. The van der Waals surface area contributed by atoms with Gasteiger partial charge in [0.15, 0.2) is 17.2 Å². The van der Waals surface area contributed by atoms with Gasteiger partial charge in [-0.25, -0.2) is 4.98 Å². The zero-order valence-corrected chi connectivity index (χ0v) is 10.4. The molecule has 0 aliphatic rings. The Labute approximate surface area is 105 Å². The number of imidazole rings is 1. The average molecular weight is 243 g/mol. The molecule has 2 rings (SSSR count). The van der Waals surface area contributed by atoms with E-state index in [0.717, 1.165) is 11.1 Å². The van der Waals surface area contributed by atoms with Crippen molar-refractivity contribution in [3.05, 3.63) is 29.7 Å². The first kappa shape index (κ1) is 12.0. The van der Waals surface area contributed by atoms with E-state index in [2.05, 4.69) is 16.0 Å². The van der Waals surface area contributed by atoms with Gasteiger partial charge in [-0.1, -0.05) is 0 Å². The van der Waals surface area contributed by atoms with E-state index < -0.39 is 0 Å². The molecular formula is C13H13N3O2. The standard InChI is InChI=1S/C13H13N3O2/c1-8-4-11(17-2)12(18-3)5-9(8)13-10(6-14)15-7-16-13/h4-5,7H,1-3H3,(H,15,16). The maximum Gasteiger partial charge on any atom is 0.166 e. The highest BCUT2D eigenvalue weighted by Crippen LogP contribution is 2.35. The summed E-state index contributed by atoms with van der Waals surface area (Å²) in [6.45, 7) is 1.94. The molecule has 5 heteroatoms. The van der Waals surface area contributed by atoms with Gasteiger partial charge in [-0.15, -0.1) is 0 Å². The monoisotopic (exact) mass is 243 g/mol. The van der Waals surface area contributed by atoms with Crippen LogP contribution in [0.1, 0.15) is 11.3 Å². The van der Waals surface area contributed by atoms with Gasteiger partial charge >= 0.3 is 0 Å². The van der Waals surface area contributed by atoms with Gasteiger partial charge in [0.05, 0.1) is 26.2 Å². The predicted molar refractivity (Wildman–Crippen MR) is 66.6 cm³/mol. The quantitative estimate of drug-likeness (QED) is 0.897. The van der Waals surface area contributed by atoms with Crippen LogP contribution in [0.5, 0.6) is 11.5 Å². The Morgan fingerprint density at radius 2 is 1.89 bits per heavy atom. The number of benzene rings is 1. The topological polar surface area (TPSA) is 70.9 Å². The summed E-state index contributed by atoms with van der Waals surface area (Å²) in [4.78, 5) is 6.93. The van der Waals surface area contributed by atoms with Crippen molar-refractivity contribution in [2.75, 3.05) is 14.2 Å². The van der Waals surface area contributed by atoms with Crippen molar-refractivity contribution in [3.8, 4) is 28.8 Å². The molecule has 18 heavy (non-hydrogen) atoms. The molecule has 0 amide bonds. The minimum absolute atomic E-state index is 0.366. The summed E-state index contributed by atoms with van der Waals surface area (Å²) in [6, 6.07) is 5.76. The molecule has 1 heterocycles. The summed E-state index contributed by atoms with van der Waals surface area (Å²) >= 11 is 0. The minimum atomic E-state index is 0.366. The molecule has 0 atom stereocenters. The molecule has 1 aromatic heterocycles. The molecule has 0 bridgehead atoms. The van der Waals surface area contributed by atoms with Crippen LogP contribution >= 0.6 is 0 Å². The number of aromatic nitrogens is 2. The van der Waals surface area contributed by atoms with Crippen LogP contribution in [0, 0.1) is 18.3 Å². The van der Waals surface area contributed by atoms with E-state index in [9.17, 15) is 0 Å². The van der Waals surface area contributed by atoms with Crippen LogP contribution in [0.4, 0.5) is 0 Å². The Hall–Kier alpha value is -2.48. The van der Waals surface area contributed by atoms with Crippen molar-refractivity contribution >= 4 is 0 Å². The van der Waals surface area contributed by atoms with E-state index in [0.29, 0.717) is 22.9 Å². The van der Waals surface area contributed by atoms with Crippen LogP contribution in [0.3, 0.4) is 0 Å². The van der Waals surface area contributed by atoms with E-state index >= 15 is 0 Å². The number of nitrogens with one attached hydrogen (secondary N) is 1. The number of nitriles is 1. The van der Waals surface area contributed by atoms with E-state index in [1.54, 1.807) is 14.2 Å². The molecule has 0 saturated carbocycles. The van der Waals surface area contributed by atoms with Crippen LogP contribution in [-0.4, -0.2) is 24.2 Å². The number of H-pyrrole nitrogens is 1. The first-order valence-corrected chi connectivity index (χ1v) is 5.37. The molecular weight excluding hydrogens is 230 g/mol. The molecule has 0 spiro atoms. The van der Waals surface area contributed by atoms with E-state index in [1.807, 2.05) is 19.1 Å². The Morgan fingerprint density at radius 3 is 2.50 bits per heavy atom. The molecule has 0 unspecified atom stereocenters. The van der Waals surface area contributed by atoms with Crippen LogP contribution in [-0.2, 0) is 0 Å². The summed E-state index contributed by atoms with van der Waals surface area (Å²) in [6.07, 6.45) is 1.50.